The molecule has 2 aromatic carbocycles. The van der Waals surface area contributed by atoms with E-state index in [-0.39, 0.29) is 0 Å². The molecule has 1 N–H and O–H groups in total. The summed E-state index contributed by atoms with van der Waals surface area (Å²) >= 11 is 3.02. The van der Waals surface area contributed by atoms with Crippen molar-refractivity contribution in [1.29, 1.82) is 0 Å². The van der Waals surface area contributed by atoms with E-state index in [0.717, 1.165) is 38.9 Å². The third-order valence-electron chi connectivity index (χ3n) is 5.03. The highest BCUT2D eigenvalue weighted by atomic mass is 32.2. The molecule has 1 aliphatic rings. The molecule has 0 unspecified atom stereocenters. The molecule has 160 valence electrons. The lowest BCUT2D eigenvalue weighted by Crippen LogP contribution is -2.04. The van der Waals surface area contributed by atoms with Crippen LogP contribution in [0, 0.1) is 12.8 Å². The van der Waals surface area contributed by atoms with Gasteiger partial charge in [0.2, 0.25) is 5.95 Å². The van der Waals surface area contributed by atoms with Crippen LogP contribution in [0.1, 0.15) is 23.3 Å². The second kappa shape index (κ2) is 9.18. The number of anilines is 2. The van der Waals surface area contributed by atoms with Crippen LogP contribution in [-0.2, 0) is 11.2 Å². The van der Waals surface area contributed by atoms with Crippen molar-refractivity contribution in [3.05, 3.63) is 71.2 Å². The molecule has 0 spiro atoms. The van der Waals surface area contributed by atoms with Crippen LogP contribution in [-0.4, -0.2) is 25.7 Å². The van der Waals surface area contributed by atoms with E-state index < -0.39 is 0 Å². The fourth-order valence-corrected chi connectivity index (χ4v) is 4.62. The molecule has 0 amide bonds. The van der Waals surface area contributed by atoms with E-state index in [1.807, 2.05) is 67.7 Å². The highest BCUT2D eigenvalue weighted by molar-refractivity contribution is 7.99. The number of carbonyl (C=O) groups excluding carboxylic acids is 1. The Morgan fingerprint density at radius 1 is 1.06 bits per heavy atom. The second-order valence-electron chi connectivity index (χ2n) is 7.70. The summed E-state index contributed by atoms with van der Waals surface area (Å²) < 4.78 is 0. The second-order valence-corrected chi connectivity index (χ2v) is 9.97. The van der Waals surface area contributed by atoms with Gasteiger partial charge in [-0.1, -0.05) is 42.5 Å². The summed E-state index contributed by atoms with van der Waals surface area (Å²) in [5.74, 6) is 1.70. The Balaban J connectivity index is 1.39. The van der Waals surface area contributed by atoms with Gasteiger partial charge in [0.1, 0.15) is 5.78 Å². The van der Waals surface area contributed by atoms with E-state index in [4.69, 9.17) is 0 Å². The number of nitrogens with zero attached hydrogens (tertiary/aromatic N) is 4. The van der Waals surface area contributed by atoms with Gasteiger partial charge < -0.3 is 0 Å². The predicted octanol–water partition coefficient (Wildman–Crippen LogP) is 5.72. The van der Waals surface area contributed by atoms with Gasteiger partial charge in [0.15, 0.2) is 16.1 Å². The first-order chi connectivity index (χ1) is 15.6. The highest BCUT2D eigenvalue weighted by Crippen LogP contribution is 2.32. The molecule has 0 saturated heterocycles. The first-order valence-electron chi connectivity index (χ1n) is 10.4. The Hall–Kier alpha value is -3.10. The molecule has 1 aliphatic carbocycles. The Labute approximate surface area is 194 Å². The number of nitrogens with one attached hydrogen (secondary N) is 1. The van der Waals surface area contributed by atoms with Gasteiger partial charge in [-0.25, -0.2) is 9.97 Å². The first-order valence-corrected chi connectivity index (χ1v) is 12.1. The minimum absolute atomic E-state index is 0.290. The predicted molar refractivity (Wildman–Crippen MR) is 127 cm³/mol. The number of aryl methyl sites for hydroxylation is 1. The standard InChI is InChI=1S/C24H21N5OS2/c1-15-14-25-23(31-15)28-22-26-21(18-5-3-2-4-6-18)27-24(29-22)32-19-11-7-16(8-12-19)13-20(30)17-9-10-17/h2-8,11-12,14,17H,9-10,13H2,1H3,(H,25,26,27,28,29). The highest BCUT2D eigenvalue weighted by Gasteiger charge is 2.29. The molecule has 1 fully saturated rings. The van der Waals surface area contributed by atoms with Gasteiger partial charge in [-0.05, 0) is 49.2 Å². The van der Waals surface area contributed by atoms with Gasteiger partial charge in [-0.3, -0.25) is 10.1 Å². The topological polar surface area (TPSA) is 80.7 Å². The molecule has 32 heavy (non-hydrogen) atoms. The van der Waals surface area contributed by atoms with Crippen molar-refractivity contribution in [1.82, 2.24) is 19.9 Å². The van der Waals surface area contributed by atoms with Crippen LogP contribution in [0.5, 0.6) is 0 Å². The van der Waals surface area contributed by atoms with Crippen LogP contribution in [0.25, 0.3) is 11.4 Å². The number of Topliss-reactive ketones (excluding diaryl/α,β-unsaturated/α-hetero) is 1. The van der Waals surface area contributed by atoms with E-state index in [0.29, 0.717) is 35.1 Å². The number of thiazole rings is 1. The number of hydrogen-bond donors (Lipinski definition) is 1. The van der Waals surface area contributed by atoms with Gasteiger partial charge in [-0.15, -0.1) is 11.3 Å². The molecule has 1 saturated carbocycles. The molecule has 0 aliphatic heterocycles. The smallest absolute Gasteiger partial charge is 0.233 e. The maximum Gasteiger partial charge on any atom is 0.233 e. The third kappa shape index (κ3) is 5.20. The maximum atomic E-state index is 12.1. The van der Waals surface area contributed by atoms with Crippen molar-refractivity contribution in [3.63, 3.8) is 0 Å². The zero-order valence-corrected chi connectivity index (χ0v) is 19.1. The van der Waals surface area contributed by atoms with Crippen LogP contribution < -0.4 is 5.32 Å². The summed E-state index contributed by atoms with van der Waals surface area (Å²) in [4.78, 5) is 32.4. The average molecular weight is 460 g/mol. The lowest BCUT2D eigenvalue weighted by molar-refractivity contribution is -0.119. The van der Waals surface area contributed by atoms with Crippen LogP contribution in [0.2, 0.25) is 0 Å². The van der Waals surface area contributed by atoms with E-state index in [9.17, 15) is 4.79 Å². The van der Waals surface area contributed by atoms with Crippen LogP contribution in [0.4, 0.5) is 11.1 Å². The number of aromatic nitrogens is 4. The lowest BCUT2D eigenvalue weighted by atomic mass is 10.1. The van der Waals surface area contributed by atoms with Crippen LogP contribution in [0.3, 0.4) is 0 Å². The SMILES string of the molecule is Cc1cnc(Nc2nc(Sc3ccc(CC(=O)C4CC4)cc3)nc(-c3ccccc3)n2)s1. The number of rotatable bonds is 8. The molecule has 8 heteroatoms. The molecular weight excluding hydrogens is 438 g/mol. The van der Waals surface area contributed by atoms with Crippen molar-refractivity contribution in [2.75, 3.05) is 5.32 Å². The molecule has 2 aromatic heterocycles. The van der Waals surface area contributed by atoms with Crippen molar-refractivity contribution >= 4 is 40.0 Å². The number of ketones is 1. The molecular formula is C24H21N5OS2. The summed E-state index contributed by atoms with van der Waals surface area (Å²) in [7, 11) is 0. The summed E-state index contributed by atoms with van der Waals surface area (Å²) in [6, 6.07) is 17.9. The number of benzene rings is 2. The summed E-state index contributed by atoms with van der Waals surface area (Å²) in [5, 5.41) is 4.54. The number of carbonyl (C=O) groups is 1. The molecule has 5 rings (SSSR count). The fourth-order valence-electron chi connectivity index (χ4n) is 3.21. The fraction of sp³-hybridized carbons (Fsp3) is 0.208. The minimum Gasteiger partial charge on any atom is -0.300 e. The normalized spacial score (nSPS) is 13.2. The maximum absolute atomic E-state index is 12.1. The van der Waals surface area contributed by atoms with Crippen molar-refractivity contribution in [2.45, 2.75) is 36.2 Å². The van der Waals surface area contributed by atoms with Gasteiger partial charge in [0.05, 0.1) is 0 Å². The summed E-state index contributed by atoms with van der Waals surface area (Å²) in [5.41, 5.74) is 1.97. The van der Waals surface area contributed by atoms with Gasteiger partial charge in [0, 0.05) is 33.9 Å². The monoisotopic (exact) mass is 459 g/mol. The molecule has 4 aromatic rings. The van der Waals surface area contributed by atoms with Crippen LogP contribution >= 0.6 is 23.1 Å². The third-order valence-corrected chi connectivity index (χ3v) is 6.73. The van der Waals surface area contributed by atoms with Gasteiger partial charge in [0.25, 0.3) is 0 Å². The van der Waals surface area contributed by atoms with E-state index in [1.165, 1.54) is 11.8 Å². The minimum atomic E-state index is 0.290. The van der Waals surface area contributed by atoms with Crippen molar-refractivity contribution in [3.8, 4) is 11.4 Å². The van der Waals surface area contributed by atoms with Crippen molar-refractivity contribution < 1.29 is 4.79 Å². The van der Waals surface area contributed by atoms with Crippen molar-refractivity contribution in [2.24, 2.45) is 5.92 Å². The zero-order valence-electron chi connectivity index (χ0n) is 17.5. The largest absolute Gasteiger partial charge is 0.300 e. The van der Waals surface area contributed by atoms with E-state index in [2.05, 4.69) is 25.3 Å². The van der Waals surface area contributed by atoms with E-state index in [1.54, 1.807) is 11.3 Å². The van der Waals surface area contributed by atoms with Gasteiger partial charge >= 0.3 is 0 Å². The molecule has 0 bridgehead atoms. The molecule has 2 heterocycles. The first kappa shape index (κ1) is 20.8. The Morgan fingerprint density at radius 3 is 2.53 bits per heavy atom. The lowest BCUT2D eigenvalue weighted by Gasteiger charge is -2.08. The Morgan fingerprint density at radius 2 is 1.84 bits per heavy atom. The van der Waals surface area contributed by atoms with E-state index >= 15 is 0 Å². The molecule has 0 radical (unpaired) electrons. The molecule has 0 atom stereocenters. The summed E-state index contributed by atoms with van der Waals surface area (Å²) in [6.07, 6.45) is 4.43. The molecule has 6 nitrogen and oxygen atoms in total. The average Bonchev–Trinajstić information content (AvgIpc) is 3.58. The van der Waals surface area contributed by atoms with Crippen LogP contribution in [0.15, 0.2) is 70.8 Å². The zero-order chi connectivity index (χ0) is 21.9. The Kier molecular flexibility index (Phi) is 5.96. The van der Waals surface area contributed by atoms with Gasteiger partial charge in [-0.2, -0.15) is 9.97 Å². The summed E-state index contributed by atoms with van der Waals surface area (Å²) in [6.45, 7) is 2.01. The number of hydrogen-bond acceptors (Lipinski definition) is 8. The quantitative estimate of drug-likeness (QED) is 0.361. The Bertz CT molecular complexity index is 1240.